The minimum absolute atomic E-state index is 0.0476. The Hall–Kier alpha value is -1.85. The van der Waals surface area contributed by atoms with Crippen molar-refractivity contribution < 1.29 is 4.79 Å². The molecule has 18 heavy (non-hydrogen) atoms. The second-order valence-corrected chi connectivity index (χ2v) is 4.33. The lowest BCUT2D eigenvalue weighted by atomic mass is 10.3. The first kappa shape index (κ1) is 14.2. The van der Waals surface area contributed by atoms with E-state index in [1.54, 1.807) is 19.2 Å². The van der Waals surface area contributed by atoms with Crippen LogP contribution in [0.15, 0.2) is 12.3 Å². The highest BCUT2D eigenvalue weighted by molar-refractivity contribution is 5.84. The maximum atomic E-state index is 11.7. The Morgan fingerprint density at radius 2 is 2.11 bits per heavy atom. The van der Waals surface area contributed by atoms with E-state index >= 15 is 0 Å². The van der Waals surface area contributed by atoms with E-state index in [0.29, 0.717) is 11.8 Å². The van der Waals surface area contributed by atoms with Gasteiger partial charge in [-0.25, -0.2) is 4.98 Å². The zero-order chi connectivity index (χ0) is 13.5. The quantitative estimate of drug-likeness (QED) is 0.709. The van der Waals surface area contributed by atoms with Crippen LogP contribution >= 0.6 is 0 Å². The lowest BCUT2D eigenvalue weighted by molar-refractivity contribution is -0.122. The molecule has 6 heteroatoms. The Morgan fingerprint density at radius 1 is 1.39 bits per heavy atom. The smallest absolute Gasteiger partial charge is 0.242 e. The summed E-state index contributed by atoms with van der Waals surface area (Å²) in [5, 5.41) is 8.90. The first-order chi connectivity index (χ1) is 8.52. The van der Waals surface area contributed by atoms with E-state index < -0.39 is 0 Å². The zero-order valence-electron chi connectivity index (χ0n) is 11.3. The number of carbonyl (C=O) groups is 1. The van der Waals surface area contributed by atoms with Gasteiger partial charge in [0.15, 0.2) is 0 Å². The van der Waals surface area contributed by atoms with E-state index in [1.807, 2.05) is 20.8 Å². The number of anilines is 2. The zero-order valence-corrected chi connectivity index (χ0v) is 11.3. The van der Waals surface area contributed by atoms with Crippen LogP contribution < -0.4 is 16.0 Å². The molecule has 0 spiro atoms. The molecule has 3 N–H and O–H groups in total. The van der Waals surface area contributed by atoms with Gasteiger partial charge < -0.3 is 16.0 Å². The topological polar surface area (TPSA) is 78.9 Å². The van der Waals surface area contributed by atoms with Crippen LogP contribution in [0.3, 0.4) is 0 Å². The fourth-order valence-electron chi connectivity index (χ4n) is 1.38. The lowest BCUT2D eigenvalue weighted by Gasteiger charge is -2.16. The minimum Gasteiger partial charge on any atom is -0.358 e. The molecule has 1 rings (SSSR count). The van der Waals surface area contributed by atoms with Gasteiger partial charge in [-0.2, -0.15) is 4.98 Å². The van der Waals surface area contributed by atoms with E-state index in [1.165, 1.54) is 0 Å². The largest absolute Gasteiger partial charge is 0.358 e. The maximum Gasteiger partial charge on any atom is 0.242 e. The molecule has 0 bridgehead atoms. The van der Waals surface area contributed by atoms with Crippen LogP contribution in [0.4, 0.5) is 11.8 Å². The van der Waals surface area contributed by atoms with Gasteiger partial charge in [-0.3, -0.25) is 4.79 Å². The number of hydrogen-bond acceptors (Lipinski definition) is 5. The van der Waals surface area contributed by atoms with Crippen molar-refractivity contribution in [3.63, 3.8) is 0 Å². The van der Waals surface area contributed by atoms with Crippen LogP contribution in [0.5, 0.6) is 0 Å². The molecule has 0 radical (unpaired) electrons. The Morgan fingerprint density at radius 3 is 2.72 bits per heavy atom. The summed E-state index contributed by atoms with van der Waals surface area (Å²) < 4.78 is 0. The average molecular weight is 251 g/mol. The number of hydrogen-bond donors (Lipinski definition) is 3. The van der Waals surface area contributed by atoms with Gasteiger partial charge in [-0.05, 0) is 33.8 Å². The average Bonchev–Trinajstić information content (AvgIpc) is 2.29. The van der Waals surface area contributed by atoms with Crippen LogP contribution in [0.1, 0.15) is 27.7 Å². The molecule has 1 heterocycles. The van der Waals surface area contributed by atoms with Gasteiger partial charge in [-0.15, -0.1) is 0 Å². The van der Waals surface area contributed by atoms with Crippen LogP contribution in [0, 0.1) is 0 Å². The Kier molecular flexibility index (Phi) is 5.35. The van der Waals surface area contributed by atoms with Crippen molar-refractivity contribution in [2.24, 2.45) is 0 Å². The summed E-state index contributed by atoms with van der Waals surface area (Å²) in [5.74, 6) is 1.14. The molecule has 0 saturated carbocycles. The Balaban J connectivity index is 2.60. The van der Waals surface area contributed by atoms with E-state index in [-0.39, 0.29) is 18.0 Å². The van der Waals surface area contributed by atoms with Gasteiger partial charge in [0.25, 0.3) is 0 Å². The van der Waals surface area contributed by atoms with Crippen molar-refractivity contribution in [3.8, 4) is 0 Å². The number of carbonyl (C=O) groups excluding carboxylic acids is 1. The van der Waals surface area contributed by atoms with Crippen molar-refractivity contribution in [2.45, 2.75) is 39.8 Å². The highest BCUT2D eigenvalue weighted by Crippen LogP contribution is 2.07. The summed E-state index contributed by atoms with van der Waals surface area (Å²) in [6.45, 7) is 8.39. The summed E-state index contributed by atoms with van der Waals surface area (Å²) >= 11 is 0. The standard InChI is InChI=1S/C12H21N5O/c1-5-13-12-14-7-6-10(17-12)16-9(4)11(18)15-8(2)3/h6-9H,5H2,1-4H3,(H,15,18)(H2,13,14,16,17). The number of amides is 1. The fraction of sp³-hybridized carbons (Fsp3) is 0.583. The van der Waals surface area contributed by atoms with Crippen LogP contribution in [0.25, 0.3) is 0 Å². The third-order valence-electron chi connectivity index (χ3n) is 2.18. The van der Waals surface area contributed by atoms with Crippen LogP contribution in [-0.2, 0) is 4.79 Å². The molecular weight excluding hydrogens is 230 g/mol. The van der Waals surface area contributed by atoms with Gasteiger partial charge >= 0.3 is 0 Å². The summed E-state index contributed by atoms with van der Waals surface area (Å²) in [4.78, 5) is 20.1. The van der Waals surface area contributed by atoms with Gasteiger partial charge in [-0.1, -0.05) is 0 Å². The van der Waals surface area contributed by atoms with Gasteiger partial charge in [0, 0.05) is 18.8 Å². The number of rotatable bonds is 6. The maximum absolute atomic E-state index is 11.7. The van der Waals surface area contributed by atoms with Crippen molar-refractivity contribution >= 4 is 17.7 Å². The predicted octanol–water partition coefficient (Wildman–Crippen LogP) is 1.23. The molecule has 6 nitrogen and oxygen atoms in total. The summed E-state index contributed by atoms with van der Waals surface area (Å²) in [5.41, 5.74) is 0. The molecule has 1 amide bonds. The molecule has 0 aliphatic heterocycles. The van der Waals surface area contributed by atoms with Gasteiger partial charge in [0.1, 0.15) is 11.9 Å². The molecule has 1 aromatic heterocycles. The molecule has 0 aromatic carbocycles. The highest BCUT2D eigenvalue weighted by Gasteiger charge is 2.13. The molecule has 0 saturated heterocycles. The number of nitrogens with one attached hydrogen (secondary N) is 3. The summed E-state index contributed by atoms with van der Waals surface area (Å²) in [6, 6.07) is 1.53. The lowest BCUT2D eigenvalue weighted by Crippen LogP contribution is -2.41. The number of aromatic nitrogens is 2. The number of nitrogens with zero attached hydrogens (tertiary/aromatic N) is 2. The third-order valence-corrected chi connectivity index (χ3v) is 2.18. The van der Waals surface area contributed by atoms with Crippen LogP contribution in [-0.4, -0.2) is 34.5 Å². The van der Waals surface area contributed by atoms with Crippen LogP contribution in [0.2, 0.25) is 0 Å². The van der Waals surface area contributed by atoms with Gasteiger partial charge in [0.2, 0.25) is 11.9 Å². The normalized spacial score (nSPS) is 12.1. The molecule has 1 unspecified atom stereocenters. The van der Waals surface area contributed by atoms with Crippen molar-refractivity contribution in [1.29, 1.82) is 0 Å². The van der Waals surface area contributed by atoms with Crippen molar-refractivity contribution in [1.82, 2.24) is 15.3 Å². The fourth-order valence-corrected chi connectivity index (χ4v) is 1.38. The van der Waals surface area contributed by atoms with Gasteiger partial charge in [0.05, 0.1) is 0 Å². The second-order valence-electron chi connectivity index (χ2n) is 4.33. The molecule has 0 aliphatic rings. The third kappa shape index (κ3) is 4.57. The van der Waals surface area contributed by atoms with Crippen molar-refractivity contribution in [2.75, 3.05) is 17.2 Å². The molecule has 1 atom stereocenters. The SMILES string of the molecule is CCNc1nccc(NC(C)C(=O)NC(C)C)n1. The summed E-state index contributed by atoms with van der Waals surface area (Å²) in [7, 11) is 0. The minimum atomic E-state index is -0.336. The molecule has 0 aliphatic carbocycles. The summed E-state index contributed by atoms with van der Waals surface area (Å²) in [6.07, 6.45) is 1.65. The Labute approximate surface area is 108 Å². The molecule has 0 fully saturated rings. The van der Waals surface area contributed by atoms with E-state index in [0.717, 1.165) is 6.54 Å². The monoisotopic (exact) mass is 251 g/mol. The molecular formula is C12H21N5O. The van der Waals surface area contributed by atoms with E-state index in [4.69, 9.17) is 0 Å². The van der Waals surface area contributed by atoms with E-state index in [2.05, 4.69) is 25.9 Å². The first-order valence-corrected chi connectivity index (χ1v) is 6.16. The van der Waals surface area contributed by atoms with E-state index in [9.17, 15) is 4.79 Å². The predicted molar refractivity (Wildman–Crippen MR) is 72.6 cm³/mol. The molecule has 1 aromatic rings. The first-order valence-electron chi connectivity index (χ1n) is 6.16. The highest BCUT2D eigenvalue weighted by atomic mass is 16.2. The van der Waals surface area contributed by atoms with Crippen molar-refractivity contribution in [3.05, 3.63) is 12.3 Å². The second kappa shape index (κ2) is 6.78. The Bertz CT molecular complexity index is 394. The molecule has 100 valence electrons.